The van der Waals surface area contributed by atoms with E-state index in [9.17, 15) is 4.79 Å². The minimum absolute atomic E-state index is 0.235. The topological polar surface area (TPSA) is 83.3 Å². The molecule has 112 valence electrons. The molecule has 0 bridgehead atoms. The molecule has 0 fully saturated rings. The number of nitrogens with one attached hydrogen (secondary N) is 2. The van der Waals surface area contributed by atoms with Crippen molar-refractivity contribution in [2.24, 2.45) is 0 Å². The number of furan rings is 1. The quantitative estimate of drug-likeness (QED) is 0.780. The molecule has 2 rings (SSSR count). The summed E-state index contributed by atoms with van der Waals surface area (Å²) in [7, 11) is 3.85. The van der Waals surface area contributed by atoms with E-state index in [4.69, 9.17) is 4.42 Å². The third-order valence-electron chi connectivity index (χ3n) is 2.74. The van der Waals surface area contributed by atoms with E-state index in [1.807, 2.05) is 32.0 Å². The predicted molar refractivity (Wildman–Crippen MR) is 80.6 cm³/mol. The first-order chi connectivity index (χ1) is 10.1. The van der Waals surface area contributed by atoms with Crippen molar-refractivity contribution >= 4 is 17.7 Å². The normalized spacial score (nSPS) is 10.2. The van der Waals surface area contributed by atoms with E-state index in [0.29, 0.717) is 24.8 Å². The summed E-state index contributed by atoms with van der Waals surface area (Å²) in [6.45, 7) is 2.90. The molecule has 0 radical (unpaired) electrons. The van der Waals surface area contributed by atoms with E-state index in [-0.39, 0.29) is 5.91 Å². The number of carbonyl (C=O) groups is 1. The van der Waals surface area contributed by atoms with Crippen LogP contribution in [0.4, 0.5) is 11.8 Å². The van der Waals surface area contributed by atoms with E-state index in [1.54, 1.807) is 12.1 Å². The summed E-state index contributed by atoms with van der Waals surface area (Å²) in [4.78, 5) is 22.2. The van der Waals surface area contributed by atoms with Crippen LogP contribution in [0.2, 0.25) is 0 Å². The summed E-state index contributed by atoms with van der Waals surface area (Å²) < 4.78 is 5.01. The fourth-order valence-electron chi connectivity index (χ4n) is 1.71. The highest BCUT2D eigenvalue weighted by molar-refractivity contribution is 5.91. The van der Waals surface area contributed by atoms with Gasteiger partial charge in [0.1, 0.15) is 5.82 Å². The Kier molecular flexibility index (Phi) is 4.76. The first-order valence-corrected chi connectivity index (χ1v) is 6.65. The van der Waals surface area contributed by atoms with Gasteiger partial charge in [-0.25, -0.2) is 4.98 Å². The first kappa shape index (κ1) is 14.8. The van der Waals surface area contributed by atoms with Gasteiger partial charge in [0.05, 0.1) is 6.26 Å². The van der Waals surface area contributed by atoms with E-state index in [2.05, 4.69) is 20.6 Å². The fraction of sp³-hybridized carbons (Fsp3) is 0.357. The Balaban J connectivity index is 1.82. The molecule has 7 heteroatoms. The zero-order valence-electron chi connectivity index (χ0n) is 12.4. The van der Waals surface area contributed by atoms with Crippen molar-refractivity contribution in [3.63, 3.8) is 0 Å². The second-order valence-electron chi connectivity index (χ2n) is 4.75. The van der Waals surface area contributed by atoms with Crippen molar-refractivity contribution in [1.82, 2.24) is 15.3 Å². The Morgan fingerprint density at radius 2 is 2.14 bits per heavy atom. The van der Waals surface area contributed by atoms with Gasteiger partial charge < -0.3 is 20.0 Å². The van der Waals surface area contributed by atoms with E-state index >= 15 is 0 Å². The number of hydrogen-bond donors (Lipinski definition) is 2. The van der Waals surface area contributed by atoms with Gasteiger partial charge in [-0.15, -0.1) is 0 Å². The summed E-state index contributed by atoms with van der Waals surface area (Å²) in [5, 5.41) is 5.83. The molecule has 0 aliphatic rings. The van der Waals surface area contributed by atoms with Crippen LogP contribution in [0, 0.1) is 6.92 Å². The number of anilines is 2. The molecule has 1 amide bonds. The average molecular weight is 289 g/mol. The van der Waals surface area contributed by atoms with Crippen LogP contribution in [-0.4, -0.2) is 43.1 Å². The lowest BCUT2D eigenvalue weighted by Crippen LogP contribution is -2.28. The summed E-state index contributed by atoms with van der Waals surface area (Å²) in [6.07, 6.45) is 1.47. The molecule has 2 aromatic rings. The van der Waals surface area contributed by atoms with E-state index in [0.717, 1.165) is 11.5 Å². The molecule has 21 heavy (non-hydrogen) atoms. The van der Waals surface area contributed by atoms with Crippen LogP contribution in [-0.2, 0) is 0 Å². The van der Waals surface area contributed by atoms with Gasteiger partial charge in [-0.2, -0.15) is 4.98 Å². The molecule has 0 unspecified atom stereocenters. The monoisotopic (exact) mass is 289 g/mol. The third kappa shape index (κ3) is 4.20. The molecule has 2 heterocycles. The van der Waals surface area contributed by atoms with Crippen LogP contribution in [0.25, 0.3) is 0 Å². The van der Waals surface area contributed by atoms with Crippen molar-refractivity contribution in [2.75, 3.05) is 37.4 Å². The standard InChI is InChI=1S/C14H19N5O2/c1-10-9-12(19(2)3)18-14(17-10)16-7-6-15-13(20)11-5-4-8-21-11/h4-5,8-9H,6-7H2,1-3H3,(H,15,20)(H,16,17,18). The Labute approximate surface area is 123 Å². The number of rotatable bonds is 6. The first-order valence-electron chi connectivity index (χ1n) is 6.65. The summed E-state index contributed by atoms with van der Waals surface area (Å²) >= 11 is 0. The number of aromatic nitrogens is 2. The molecule has 2 N–H and O–H groups in total. The maximum Gasteiger partial charge on any atom is 0.287 e. The largest absolute Gasteiger partial charge is 0.459 e. The van der Waals surface area contributed by atoms with Crippen molar-refractivity contribution in [3.05, 3.63) is 35.9 Å². The number of hydrogen-bond acceptors (Lipinski definition) is 6. The van der Waals surface area contributed by atoms with Crippen LogP contribution >= 0.6 is 0 Å². The maximum atomic E-state index is 11.6. The van der Waals surface area contributed by atoms with Gasteiger partial charge in [-0.3, -0.25) is 4.79 Å². The molecular formula is C14H19N5O2. The Morgan fingerprint density at radius 1 is 1.33 bits per heavy atom. The second kappa shape index (κ2) is 6.74. The molecular weight excluding hydrogens is 270 g/mol. The minimum Gasteiger partial charge on any atom is -0.459 e. The lowest BCUT2D eigenvalue weighted by atomic mass is 10.4. The lowest BCUT2D eigenvalue weighted by molar-refractivity contribution is 0.0927. The zero-order valence-corrected chi connectivity index (χ0v) is 12.4. The fourth-order valence-corrected chi connectivity index (χ4v) is 1.71. The molecule has 7 nitrogen and oxygen atoms in total. The molecule has 2 aromatic heterocycles. The van der Waals surface area contributed by atoms with Crippen molar-refractivity contribution in [1.29, 1.82) is 0 Å². The Morgan fingerprint density at radius 3 is 2.81 bits per heavy atom. The highest BCUT2D eigenvalue weighted by Crippen LogP contribution is 2.11. The Hall–Kier alpha value is -2.57. The van der Waals surface area contributed by atoms with Crippen LogP contribution in [0.1, 0.15) is 16.2 Å². The SMILES string of the molecule is Cc1cc(N(C)C)nc(NCCNC(=O)c2ccco2)n1. The highest BCUT2D eigenvalue weighted by atomic mass is 16.3. The molecule has 0 spiro atoms. The zero-order chi connectivity index (χ0) is 15.2. The van der Waals surface area contributed by atoms with Gasteiger partial charge >= 0.3 is 0 Å². The number of carbonyl (C=O) groups excluding carboxylic acids is 1. The van der Waals surface area contributed by atoms with Crippen molar-refractivity contribution < 1.29 is 9.21 Å². The molecule has 0 saturated carbocycles. The van der Waals surface area contributed by atoms with Crippen molar-refractivity contribution in [2.45, 2.75) is 6.92 Å². The Bertz CT molecular complexity index is 595. The second-order valence-corrected chi connectivity index (χ2v) is 4.75. The van der Waals surface area contributed by atoms with Crippen LogP contribution in [0.3, 0.4) is 0 Å². The van der Waals surface area contributed by atoms with Gasteiger partial charge in [0, 0.05) is 38.9 Å². The highest BCUT2D eigenvalue weighted by Gasteiger charge is 2.07. The van der Waals surface area contributed by atoms with Gasteiger partial charge in [0.2, 0.25) is 5.95 Å². The van der Waals surface area contributed by atoms with Gasteiger partial charge in [-0.05, 0) is 19.1 Å². The van der Waals surface area contributed by atoms with Gasteiger partial charge in [0.25, 0.3) is 5.91 Å². The predicted octanol–water partition coefficient (Wildman–Crippen LogP) is 1.29. The number of nitrogens with zero attached hydrogens (tertiary/aromatic N) is 3. The molecule has 0 aliphatic carbocycles. The van der Waals surface area contributed by atoms with Gasteiger partial charge in [0.15, 0.2) is 5.76 Å². The van der Waals surface area contributed by atoms with E-state index < -0.39 is 0 Å². The smallest absolute Gasteiger partial charge is 0.287 e. The lowest BCUT2D eigenvalue weighted by Gasteiger charge is -2.13. The third-order valence-corrected chi connectivity index (χ3v) is 2.74. The van der Waals surface area contributed by atoms with Crippen LogP contribution in [0.15, 0.2) is 28.9 Å². The maximum absolute atomic E-state index is 11.6. The molecule has 0 saturated heterocycles. The molecule has 0 aromatic carbocycles. The molecule has 0 atom stereocenters. The van der Waals surface area contributed by atoms with E-state index in [1.165, 1.54) is 6.26 Å². The minimum atomic E-state index is -0.235. The summed E-state index contributed by atoms with van der Waals surface area (Å²) in [5.74, 6) is 1.45. The number of amides is 1. The number of aryl methyl sites for hydroxylation is 1. The van der Waals surface area contributed by atoms with Gasteiger partial charge in [-0.1, -0.05) is 0 Å². The summed E-state index contributed by atoms with van der Waals surface area (Å²) in [6, 6.07) is 5.20. The van der Waals surface area contributed by atoms with Crippen LogP contribution < -0.4 is 15.5 Å². The average Bonchev–Trinajstić information content (AvgIpc) is 2.97. The summed E-state index contributed by atoms with van der Waals surface area (Å²) in [5.41, 5.74) is 0.885. The van der Waals surface area contributed by atoms with Crippen LogP contribution in [0.5, 0.6) is 0 Å². The molecule has 0 aliphatic heterocycles. The van der Waals surface area contributed by atoms with Crippen molar-refractivity contribution in [3.8, 4) is 0 Å².